The predicted molar refractivity (Wildman–Crippen MR) is 108 cm³/mol. The summed E-state index contributed by atoms with van der Waals surface area (Å²) in [5, 5.41) is 11.0. The summed E-state index contributed by atoms with van der Waals surface area (Å²) in [6.45, 7) is 1.93. The summed E-state index contributed by atoms with van der Waals surface area (Å²) < 4.78 is 19.5. The molecular weight excluding hydrogens is 391 g/mol. The molecule has 0 aliphatic heterocycles. The maximum atomic E-state index is 13.0. The van der Waals surface area contributed by atoms with E-state index in [9.17, 15) is 4.39 Å². The molecule has 0 aliphatic rings. The number of fused-ring (bicyclic) bond motifs is 1. The highest BCUT2D eigenvalue weighted by molar-refractivity contribution is 7.10. The Morgan fingerprint density at radius 2 is 2.10 bits per heavy atom. The third-order valence-electron chi connectivity index (χ3n) is 4.36. The van der Waals surface area contributed by atoms with Crippen molar-refractivity contribution < 1.29 is 4.39 Å². The second kappa shape index (κ2) is 7.06. The van der Waals surface area contributed by atoms with Gasteiger partial charge in [0.05, 0.1) is 35.7 Å². The molecule has 0 atom stereocenters. The van der Waals surface area contributed by atoms with Crippen molar-refractivity contribution in [3.8, 4) is 11.3 Å². The van der Waals surface area contributed by atoms with Crippen LogP contribution in [-0.4, -0.2) is 33.9 Å². The number of H-pyrrole nitrogens is 1. The van der Waals surface area contributed by atoms with Crippen LogP contribution in [0, 0.1) is 12.7 Å². The number of imidazole rings is 1. The molecule has 5 heterocycles. The molecule has 0 aliphatic carbocycles. The number of aromatic amines is 1. The largest absolute Gasteiger partial charge is 0.328 e. The van der Waals surface area contributed by atoms with Crippen LogP contribution < -0.4 is 5.32 Å². The van der Waals surface area contributed by atoms with Gasteiger partial charge in [-0.2, -0.15) is 9.47 Å². The van der Waals surface area contributed by atoms with E-state index in [0.717, 1.165) is 33.3 Å². The highest BCUT2D eigenvalue weighted by atomic mass is 32.1. The standard InChI is InChI=1S/C19H15FN8S/c1-11-10-28-16(12-6-23-24-7-12)9-22-19(28)18(25-11)26-17-5-15(27-29-17)4-14-3-2-13(20)8-21-14/h2-3,5-10H,4H2,1H3,(H,23,24)(H,25,26). The summed E-state index contributed by atoms with van der Waals surface area (Å²) in [6, 6.07) is 5.00. The van der Waals surface area contributed by atoms with Gasteiger partial charge in [0.25, 0.3) is 0 Å². The lowest BCUT2D eigenvalue weighted by Gasteiger charge is -2.07. The normalized spacial score (nSPS) is 11.2. The lowest BCUT2D eigenvalue weighted by atomic mass is 10.2. The minimum absolute atomic E-state index is 0.349. The number of aromatic nitrogens is 7. The number of nitrogens with zero attached hydrogens (tertiary/aromatic N) is 6. The van der Waals surface area contributed by atoms with Crippen molar-refractivity contribution in [2.75, 3.05) is 5.32 Å². The monoisotopic (exact) mass is 406 g/mol. The molecule has 5 aromatic heterocycles. The van der Waals surface area contributed by atoms with Crippen LogP contribution in [0.25, 0.3) is 16.9 Å². The van der Waals surface area contributed by atoms with Gasteiger partial charge in [-0.3, -0.25) is 14.5 Å². The Morgan fingerprint density at radius 1 is 1.17 bits per heavy atom. The lowest BCUT2D eigenvalue weighted by molar-refractivity contribution is 0.619. The molecular formula is C19H15FN8S. The Kier molecular flexibility index (Phi) is 4.24. The van der Waals surface area contributed by atoms with E-state index in [0.29, 0.717) is 17.9 Å². The first kappa shape index (κ1) is 17.4. The Labute approximate surface area is 168 Å². The molecule has 29 heavy (non-hydrogen) atoms. The van der Waals surface area contributed by atoms with Crippen molar-refractivity contribution >= 4 is 28.0 Å². The van der Waals surface area contributed by atoms with Crippen LogP contribution in [-0.2, 0) is 6.42 Å². The van der Waals surface area contributed by atoms with Crippen LogP contribution in [0.2, 0.25) is 0 Å². The van der Waals surface area contributed by atoms with Crippen LogP contribution >= 0.6 is 11.5 Å². The predicted octanol–water partition coefficient (Wildman–Crippen LogP) is 3.75. The number of halogens is 1. The molecule has 0 unspecified atom stereocenters. The first-order valence-corrected chi connectivity index (χ1v) is 9.60. The molecule has 144 valence electrons. The van der Waals surface area contributed by atoms with Gasteiger partial charge in [0.2, 0.25) is 0 Å². The number of rotatable bonds is 5. The van der Waals surface area contributed by atoms with Gasteiger partial charge in [-0.1, -0.05) is 0 Å². The quantitative estimate of drug-likeness (QED) is 0.461. The van der Waals surface area contributed by atoms with E-state index < -0.39 is 0 Å². The summed E-state index contributed by atoms with van der Waals surface area (Å²) >= 11 is 1.33. The van der Waals surface area contributed by atoms with Gasteiger partial charge < -0.3 is 5.32 Å². The zero-order valence-corrected chi connectivity index (χ0v) is 16.1. The fourth-order valence-electron chi connectivity index (χ4n) is 3.06. The van der Waals surface area contributed by atoms with Crippen molar-refractivity contribution in [1.29, 1.82) is 0 Å². The number of anilines is 2. The van der Waals surface area contributed by atoms with E-state index in [1.807, 2.05) is 29.8 Å². The zero-order valence-electron chi connectivity index (χ0n) is 15.3. The van der Waals surface area contributed by atoms with E-state index in [1.54, 1.807) is 18.5 Å². The topological polar surface area (TPSA) is 96.7 Å². The molecule has 5 rings (SSSR count). The average Bonchev–Trinajstić information content (AvgIpc) is 3.44. The Bertz CT molecular complexity index is 1270. The number of hydrogen-bond donors (Lipinski definition) is 2. The Morgan fingerprint density at radius 3 is 2.90 bits per heavy atom. The second-order valence-corrected chi connectivity index (χ2v) is 7.31. The Balaban J connectivity index is 1.43. The van der Waals surface area contributed by atoms with Gasteiger partial charge in [-0.05, 0) is 36.7 Å². The van der Waals surface area contributed by atoms with E-state index in [-0.39, 0.29) is 5.82 Å². The SMILES string of the molecule is Cc1cn2c(-c3cn[nH]c3)cnc2c(Nc2cc(Cc3ccc(F)cn3)ns2)n1. The number of hydrogen-bond acceptors (Lipinski definition) is 7. The van der Waals surface area contributed by atoms with Crippen LogP contribution in [0.3, 0.4) is 0 Å². The van der Waals surface area contributed by atoms with Crippen LogP contribution in [0.4, 0.5) is 15.2 Å². The van der Waals surface area contributed by atoms with Crippen molar-refractivity contribution in [1.82, 2.24) is 33.9 Å². The molecule has 0 radical (unpaired) electrons. The molecule has 0 bridgehead atoms. The number of pyridine rings is 1. The molecule has 0 fully saturated rings. The second-order valence-electron chi connectivity index (χ2n) is 6.51. The fourth-order valence-corrected chi connectivity index (χ4v) is 3.73. The maximum absolute atomic E-state index is 13.0. The zero-order chi connectivity index (χ0) is 19.8. The van der Waals surface area contributed by atoms with Crippen LogP contribution in [0.5, 0.6) is 0 Å². The molecule has 2 N–H and O–H groups in total. The van der Waals surface area contributed by atoms with E-state index in [2.05, 4.69) is 34.8 Å². The number of nitrogens with one attached hydrogen (secondary N) is 2. The summed E-state index contributed by atoms with van der Waals surface area (Å²) in [5.41, 5.74) is 5.04. The van der Waals surface area contributed by atoms with Crippen LogP contribution in [0.1, 0.15) is 17.1 Å². The first-order chi connectivity index (χ1) is 14.2. The van der Waals surface area contributed by atoms with Gasteiger partial charge in [0, 0.05) is 30.1 Å². The van der Waals surface area contributed by atoms with Gasteiger partial charge in [0.1, 0.15) is 10.8 Å². The molecule has 0 spiro atoms. The van der Waals surface area contributed by atoms with Gasteiger partial charge in [0.15, 0.2) is 11.5 Å². The maximum Gasteiger partial charge on any atom is 0.180 e. The third kappa shape index (κ3) is 3.45. The smallest absolute Gasteiger partial charge is 0.180 e. The summed E-state index contributed by atoms with van der Waals surface area (Å²) in [7, 11) is 0. The minimum Gasteiger partial charge on any atom is -0.328 e. The molecule has 0 saturated carbocycles. The molecule has 0 amide bonds. The average molecular weight is 406 g/mol. The molecule has 0 saturated heterocycles. The van der Waals surface area contributed by atoms with E-state index in [4.69, 9.17) is 0 Å². The van der Waals surface area contributed by atoms with Crippen molar-refractivity contribution in [3.63, 3.8) is 0 Å². The summed E-state index contributed by atoms with van der Waals surface area (Å²) in [6.07, 6.45) is 9.06. The Hall–Kier alpha value is -3.66. The third-order valence-corrected chi connectivity index (χ3v) is 5.10. The molecule has 5 aromatic rings. The summed E-state index contributed by atoms with van der Waals surface area (Å²) in [5.74, 6) is 0.299. The summed E-state index contributed by atoms with van der Waals surface area (Å²) in [4.78, 5) is 13.2. The first-order valence-electron chi connectivity index (χ1n) is 8.82. The van der Waals surface area contributed by atoms with Crippen molar-refractivity contribution in [2.45, 2.75) is 13.3 Å². The molecule has 8 nitrogen and oxygen atoms in total. The van der Waals surface area contributed by atoms with Gasteiger partial charge in [-0.25, -0.2) is 14.4 Å². The highest BCUT2D eigenvalue weighted by Crippen LogP contribution is 2.27. The number of aryl methyl sites for hydroxylation is 1. The van der Waals surface area contributed by atoms with Gasteiger partial charge >= 0.3 is 0 Å². The fraction of sp³-hybridized carbons (Fsp3) is 0.105. The van der Waals surface area contributed by atoms with E-state index >= 15 is 0 Å². The highest BCUT2D eigenvalue weighted by Gasteiger charge is 2.14. The van der Waals surface area contributed by atoms with E-state index in [1.165, 1.54) is 23.8 Å². The van der Waals surface area contributed by atoms with Gasteiger partial charge in [-0.15, -0.1) is 0 Å². The van der Waals surface area contributed by atoms with Crippen molar-refractivity contribution in [3.05, 3.63) is 72.1 Å². The minimum atomic E-state index is -0.349. The molecule has 0 aromatic carbocycles. The lowest BCUT2D eigenvalue weighted by Crippen LogP contribution is -2.00. The molecule has 10 heteroatoms. The van der Waals surface area contributed by atoms with Crippen LogP contribution in [0.15, 0.2) is 49.2 Å². The van der Waals surface area contributed by atoms with Crippen molar-refractivity contribution in [2.24, 2.45) is 0 Å².